The quantitative estimate of drug-likeness (QED) is 0.801. The Morgan fingerprint density at radius 2 is 1.73 bits per heavy atom. The third-order valence-corrected chi connectivity index (χ3v) is 4.92. The second kappa shape index (κ2) is 8.18. The summed E-state index contributed by atoms with van der Waals surface area (Å²) in [7, 11) is 3.93. The Morgan fingerprint density at radius 1 is 1.04 bits per heavy atom. The highest BCUT2D eigenvalue weighted by Crippen LogP contribution is 2.21. The normalized spacial score (nSPS) is 15.5. The van der Waals surface area contributed by atoms with Gasteiger partial charge in [-0.2, -0.15) is 15.0 Å². The molecule has 26 heavy (non-hydrogen) atoms. The van der Waals surface area contributed by atoms with Gasteiger partial charge in [0.2, 0.25) is 11.9 Å². The summed E-state index contributed by atoms with van der Waals surface area (Å²) in [5.74, 6) is 2.62. The molecule has 0 atom stereocenters. The summed E-state index contributed by atoms with van der Waals surface area (Å²) in [6.07, 6.45) is 0. The Balaban J connectivity index is 1.69. The predicted octanol–water partition coefficient (Wildman–Crippen LogP) is 3.04. The van der Waals surface area contributed by atoms with E-state index in [4.69, 9.17) is 16.6 Å². The Morgan fingerprint density at radius 3 is 2.35 bits per heavy atom. The van der Waals surface area contributed by atoms with Crippen molar-refractivity contribution in [3.63, 3.8) is 0 Å². The van der Waals surface area contributed by atoms with Crippen molar-refractivity contribution in [3.8, 4) is 0 Å². The minimum absolute atomic E-state index is 0.275. The van der Waals surface area contributed by atoms with Gasteiger partial charge in [0.1, 0.15) is 5.82 Å². The van der Waals surface area contributed by atoms with Gasteiger partial charge < -0.3 is 9.80 Å². The smallest absolute Gasteiger partial charge is 0.230 e. The molecule has 0 bridgehead atoms. The van der Waals surface area contributed by atoms with Crippen LogP contribution in [-0.2, 0) is 6.54 Å². The van der Waals surface area contributed by atoms with E-state index in [2.05, 4.69) is 39.7 Å². The van der Waals surface area contributed by atoms with E-state index in [-0.39, 0.29) is 5.92 Å². The van der Waals surface area contributed by atoms with Crippen LogP contribution in [0.4, 0.5) is 11.9 Å². The molecule has 2 heterocycles. The van der Waals surface area contributed by atoms with Gasteiger partial charge in [-0.3, -0.25) is 4.90 Å². The van der Waals surface area contributed by atoms with Gasteiger partial charge >= 0.3 is 0 Å². The fourth-order valence-electron chi connectivity index (χ4n) is 2.94. The molecule has 6 nitrogen and oxygen atoms in total. The van der Waals surface area contributed by atoms with Crippen LogP contribution in [0.15, 0.2) is 24.3 Å². The van der Waals surface area contributed by atoms with Crippen molar-refractivity contribution in [1.82, 2.24) is 19.9 Å². The summed E-state index contributed by atoms with van der Waals surface area (Å²) in [5, 5.41) is 0.838. The Hall–Kier alpha value is -1.92. The first kappa shape index (κ1) is 18.9. The molecule has 1 saturated heterocycles. The first-order valence-corrected chi connectivity index (χ1v) is 9.46. The number of aromatic nitrogens is 3. The lowest BCUT2D eigenvalue weighted by Gasteiger charge is -2.35. The molecule has 1 fully saturated rings. The van der Waals surface area contributed by atoms with E-state index in [9.17, 15) is 0 Å². The molecule has 0 saturated carbocycles. The molecular weight excluding hydrogens is 348 g/mol. The van der Waals surface area contributed by atoms with E-state index < -0.39 is 0 Å². The molecule has 2 aromatic rings. The van der Waals surface area contributed by atoms with Crippen LogP contribution in [0.25, 0.3) is 0 Å². The SMILES string of the molecule is CC(C)c1nc(N(C)C)nc(N2CCN(Cc3ccccc3Cl)CC2)n1. The molecule has 140 valence electrons. The second-order valence-corrected chi connectivity index (χ2v) is 7.60. The summed E-state index contributed by atoms with van der Waals surface area (Å²) in [4.78, 5) is 20.5. The van der Waals surface area contributed by atoms with Crippen molar-refractivity contribution in [1.29, 1.82) is 0 Å². The maximum Gasteiger partial charge on any atom is 0.230 e. The van der Waals surface area contributed by atoms with Gasteiger partial charge in [0.05, 0.1) is 0 Å². The number of halogens is 1. The zero-order chi connectivity index (χ0) is 18.7. The molecule has 1 aliphatic rings. The maximum absolute atomic E-state index is 6.29. The number of hydrogen-bond donors (Lipinski definition) is 0. The van der Waals surface area contributed by atoms with E-state index >= 15 is 0 Å². The minimum atomic E-state index is 0.275. The third-order valence-electron chi connectivity index (χ3n) is 4.55. The second-order valence-electron chi connectivity index (χ2n) is 7.20. The van der Waals surface area contributed by atoms with Crippen LogP contribution in [0.3, 0.4) is 0 Å². The molecule has 3 rings (SSSR count). The fraction of sp³-hybridized carbons (Fsp3) is 0.526. The average Bonchev–Trinajstić information content (AvgIpc) is 2.64. The summed E-state index contributed by atoms with van der Waals surface area (Å²) < 4.78 is 0. The number of hydrogen-bond acceptors (Lipinski definition) is 6. The Labute approximate surface area is 160 Å². The average molecular weight is 375 g/mol. The largest absolute Gasteiger partial charge is 0.347 e. The van der Waals surface area contributed by atoms with E-state index in [0.29, 0.717) is 0 Å². The lowest BCUT2D eigenvalue weighted by atomic mass is 10.2. The van der Waals surface area contributed by atoms with Crippen LogP contribution < -0.4 is 9.80 Å². The van der Waals surface area contributed by atoms with Gasteiger partial charge in [-0.15, -0.1) is 0 Å². The molecule has 7 heteroatoms. The lowest BCUT2D eigenvalue weighted by molar-refractivity contribution is 0.248. The van der Waals surface area contributed by atoms with Crippen molar-refractivity contribution in [2.24, 2.45) is 0 Å². The summed E-state index contributed by atoms with van der Waals surface area (Å²) in [6, 6.07) is 8.06. The lowest BCUT2D eigenvalue weighted by Crippen LogP contribution is -2.46. The van der Waals surface area contributed by atoms with Crippen LogP contribution >= 0.6 is 11.6 Å². The minimum Gasteiger partial charge on any atom is -0.347 e. The first-order valence-electron chi connectivity index (χ1n) is 9.08. The van der Waals surface area contributed by atoms with E-state index in [0.717, 1.165) is 55.5 Å². The van der Waals surface area contributed by atoms with Crippen molar-refractivity contribution < 1.29 is 0 Å². The van der Waals surface area contributed by atoms with Crippen molar-refractivity contribution >= 4 is 23.5 Å². The first-order chi connectivity index (χ1) is 12.4. The van der Waals surface area contributed by atoms with E-state index in [1.54, 1.807) is 0 Å². The van der Waals surface area contributed by atoms with Crippen molar-refractivity contribution in [2.75, 3.05) is 50.1 Å². The highest BCUT2D eigenvalue weighted by atomic mass is 35.5. The van der Waals surface area contributed by atoms with Gasteiger partial charge in [0.25, 0.3) is 0 Å². The fourth-order valence-corrected chi connectivity index (χ4v) is 3.14. The molecule has 0 radical (unpaired) electrons. The van der Waals surface area contributed by atoms with E-state index in [1.807, 2.05) is 37.2 Å². The Bertz CT molecular complexity index is 714. The predicted molar refractivity (Wildman–Crippen MR) is 107 cm³/mol. The number of nitrogens with zero attached hydrogens (tertiary/aromatic N) is 6. The molecule has 1 aromatic carbocycles. The number of anilines is 2. The van der Waals surface area contributed by atoms with Crippen molar-refractivity contribution in [2.45, 2.75) is 26.3 Å². The maximum atomic E-state index is 6.29. The van der Waals surface area contributed by atoms with Gasteiger partial charge in [0, 0.05) is 57.8 Å². The van der Waals surface area contributed by atoms with Gasteiger partial charge in [0.15, 0.2) is 0 Å². The van der Waals surface area contributed by atoms with Crippen LogP contribution in [0, 0.1) is 0 Å². The molecule has 0 amide bonds. The summed E-state index contributed by atoms with van der Waals surface area (Å²) >= 11 is 6.29. The molecule has 0 N–H and O–H groups in total. The molecule has 0 unspecified atom stereocenters. The van der Waals surface area contributed by atoms with Crippen molar-refractivity contribution in [3.05, 3.63) is 40.7 Å². The standard InChI is InChI=1S/C19H27ClN6/c1-14(2)17-21-18(24(3)4)23-19(22-17)26-11-9-25(10-12-26)13-15-7-5-6-8-16(15)20/h5-8,14H,9-13H2,1-4H3. The third kappa shape index (κ3) is 4.43. The number of rotatable bonds is 5. The monoisotopic (exact) mass is 374 g/mol. The molecule has 1 aliphatic heterocycles. The zero-order valence-electron chi connectivity index (χ0n) is 16.0. The molecule has 0 spiro atoms. The molecule has 0 aliphatic carbocycles. The topological polar surface area (TPSA) is 48.4 Å². The highest BCUT2D eigenvalue weighted by Gasteiger charge is 2.22. The van der Waals surface area contributed by atoms with Gasteiger partial charge in [-0.05, 0) is 11.6 Å². The van der Waals surface area contributed by atoms with Gasteiger partial charge in [-0.1, -0.05) is 43.6 Å². The van der Waals surface area contributed by atoms with Crippen LogP contribution in [-0.4, -0.2) is 60.1 Å². The zero-order valence-corrected chi connectivity index (χ0v) is 16.7. The number of benzene rings is 1. The Kier molecular flexibility index (Phi) is 5.94. The summed E-state index contributed by atoms with van der Waals surface area (Å²) in [5.41, 5.74) is 1.18. The van der Waals surface area contributed by atoms with Gasteiger partial charge in [-0.25, -0.2) is 0 Å². The number of piperazine rings is 1. The van der Waals surface area contributed by atoms with E-state index in [1.165, 1.54) is 5.56 Å². The van der Waals surface area contributed by atoms with Crippen LogP contribution in [0.5, 0.6) is 0 Å². The molecule has 1 aromatic heterocycles. The highest BCUT2D eigenvalue weighted by molar-refractivity contribution is 6.31. The van der Waals surface area contributed by atoms with Crippen LogP contribution in [0.2, 0.25) is 5.02 Å². The van der Waals surface area contributed by atoms with Crippen LogP contribution in [0.1, 0.15) is 31.2 Å². The summed E-state index contributed by atoms with van der Waals surface area (Å²) in [6.45, 7) is 8.83. The molecular formula is C19H27ClN6.